The van der Waals surface area contributed by atoms with Gasteiger partial charge in [0.25, 0.3) is 11.8 Å². The second-order valence-electron chi connectivity index (χ2n) is 7.34. The zero-order valence-electron chi connectivity index (χ0n) is 15.1. The monoisotopic (exact) mass is 353 g/mol. The molecule has 5 rings (SSSR count). The molecule has 3 nitrogen and oxygen atoms in total. The fourth-order valence-corrected chi connectivity index (χ4v) is 4.26. The van der Waals surface area contributed by atoms with Gasteiger partial charge in [-0.2, -0.15) is 0 Å². The van der Waals surface area contributed by atoms with Crippen LogP contribution >= 0.6 is 0 Å². The molecule has 0 aromatic heterocycles. The topological polar surface area (TPSA) is 37.4 Å². The first-order valence-corrected chi connectivity index (χ1v) is 9.35. The Labute approximate surface area is 157 Å². The number of carbonyl (C=O) groups excluding carboxylic acids is 2. The van der Waals surface area contributed by atoms with Gasteiger partial charge in [0.15, 0.2) is 0 Å². The average Bonchev–Trinajstić information content (AvgIpc) is 3.12. The number of hydrogen-bond acceptors (Lipinski definition) is 2. The van der Waals surface area contributed by atoms with E-state index in [9.17, 15) is 9.59 Å². The number of hydrogen-bond donors (Lipinski definition) is 0. The van der Waals surface area contributed by atoms with Gasteiger partial charge >= 0.3 is 0 Å². The van der Waals surface area contributed by atoms with E-state index in [-0.39, 0.29) is 17.9 Å². The maximum absolute atomic E-state index is 13.2. The van der Waals surface area contributed by atoms with E-state index in [0.717, 1.165) is 34.7 Å². The van der Waals surface area contributed by atoms with Crippen LogP contribution in [0, 0.1) is 0 Å². The number of nitrogens with zero attached hydrogens (tertiary/aromatic N) is 1. The van der Waals surface area contributed by atoms with Crippen molar-refractivity contribution in [3.8, 4) is 0 Å². The number of aryl methyl sites for hydroxylation is 1. The van der Waals surface area contributed by atoms with Gasteiger partial charge in [-0.15, -0.1) is 0 Å². The summed E-state index contributed by atoms with van der Waals surface area (Å²) in [7, 11) is 0. The zero-order chi connectivity index (χ0) is 18.5. The fraction of sp³-hybridized carbons (Fsp3) is 0.167. The van der Waals surface area contributed by atoms with E-state index in [0.29, 0.717) is 11.1 Å². The van der Waals surface area contributed by atoms with Gasteiger partial charge < -0.3 is 0 Å². The van der Waals surface area contributed by atoms with Gasteiger partial charge in [0.1, 0.15) is 0 Å². The minimum atomic E-state index is -0.177. The van der Waals surface area contributed by atoms with E-state index in [4.69, 9.17) is 0 Å². The molecule has 0 saturated heterocycles. The third-order valence-corrected chi connectivity index (χ3v) is 5.70. The van der Waals surface area contributed by atoms with Gasteiger partial charge in [0, 0.05) is 22.6 Å². The number of amides is 2. The van der Waals surface area contributed by atoms with Crippen molar-refractivity contribution >= 4 is 34.7 Å². The summed E-state index contributed by atoms with van der Waals surface area (Å²) >= 11 is 0. The molecule has 1 heterocycles. The molecule has 3 heteroatoms. The third kappa shape index (κ3) is 2.35. The van der Waals surface area contributed by atoms with Crippen LogP contribution in [0.3, 0.4) is 0 Å². The summed E-state index contributed by atoms with van der Waals surface area (Å²) < 4.78 is 0. The average molecular weight is 353 g/mol. The summed E-state index contributed by atoms with van der Waals surface area (Å²) in [4.78, 5) is 27.8. The molecule has 3 aromatic rings. The molecule has 0 saturated carbocycles. The summed E-state index contributed by atoms with van der Waals surface area (Å²) in [6.45, 7) is 1.96. The Morgan fingerprint density at radius 2 is 1.37 bits per heavy atom. The Kier molecular flexibility index (Phi) is 3.51. The van der Waals surface area contributed by atoms with E-state index in [1.165, 1.54) is 10.5 Å². The van der Waals surface area contributed by atoms with E-state index in [1.54, 1.807) is 0 Å². The van der Waals surface area contributed by atoms with Crippen molar-refractivity contribution in [1.82, 2.24) is 4.90 Å². The molecule has 2 aliphatic rings. The van der Waals surface area contributed by atoms with Crippen molar-refractivity contribution in [1.29, 1.82) is 0 Å². The van der Waals surface area contributed by atoms with Crippen molar-refractivity contribution in [3.63, 3.8) is 0 Å². The van der Waals surface area contributed by atoms with Gasteiger partial charge in [-0.3, -0.25) is 14.5 Å². The van der Waals surface area contributed by atoms with Gasteiger partial charge in [-0.25, -0.2) is 0 Å². The molecule has 3 aromatic carbocycles. The Bertz CT molecular complexity index is 1070. The number of imide groups is 1. The molecule has 27 heavy (non-hydrogen) atoms. The molecule has 1 atom stereocenters. The normalized spacial score (nSPS) is 15.7. The largest absolute Gasteiger partial charge is 0.272 e. The molecule has 2 amide bonds. The highest BCUT2D eigenvalue weighted by Gasteiger charge is 2.36. The van der Waals surface area contributed by atoms with Crippen LogP contribution in [-0.2, 0) is 6.42 Å². The second kappa shape index (κ2) is 5.92. The van der Waals surface area contributed by atoms with E-state index < -0.39 is 0 Å². The van der Waals surface area contributed by atoms with E-state index >= 15 is 0 Å². The summed E-state index contributed by atoms with van der Waals surface area (Å²) in [6.07, 6.45) is 5.67. The minimum Gasteiger partial charge on any atom is -0.272 e. The predicted octanol–water partition coefficient (Wildman–Crippen LogP) is 4.94. The molecule has 0 radical (unpaired) electrons. The summed E-state index contributed by atoms with van der Waals surface area (Å²) in [5, 5.41) is 1.85. The van der Waals surface area contributed by atoms with Gasteiger partial charge in [0.2, 0.25) is 0 Å². The standard InChI is InChI=1S/C24H19NO2/c1-15(7-8-16-5-3-2-4-6-16)25-23(26)19-13-11-17-9-10-18-12-14-20(24(25)27)22(19)21(17)18/h2-6,9-15H,7-8H2,1H3. The lowest BCUT2D eigenvalue weighted by molar-refractivity contribution is 0.0545. The van der Waals surface area contributed by atoms with E-state index in [1.807, 2.05) is 61.5 Å². The van der Waals surface area contributed by atoms with Crippen LogP contribution in [0.4, 0.5) is 0 Å². The molecule has 1 aliphatic carbocycles. The summed E-state index contributed by atoms with van der Waals surface area (Å²) in [5.41, 5.74) is 4.66. The van der Waals surface area contributed by atoms with Crippen molar-refractivity contribution in [2.24, 2.45) is 0 Å². The zero-order valence-corrected chi connectivity index (χ0v) is 15.1. The van der Waals surface area contributed by atoms with Crippen molar-refractivity contribution in [2.45, 2.75) is 25.8 Å². The number of rotatable bonds is 4. The Hall–Kier alpha value is -3.20. The highest BCUT2D eigenvalue weighted by Crippen LogP contribution is 2.39. The van der Waals surface area contributed by atoms with Crippen LogP contribution < -0.4 is 0 Å². The van der Waals surface area contributed by atoms with Crippen LogP contribution in [0.15, 0.2) is 54.6 Å². The van der Waals surface area contributed by atoms with Crippen molar-refractivity contribution < 1.29 is 9.59 Å². The van der Waals surface area contributed by atoms with Crippen LogP contribution in [0.5, 0.6) is 0 Å². The summed E-state index contributed by atoms with van der Waals surface area (Å²) in [5.74, 6) is -0.354. The Morgan fingerprint density at radius 3 is 1.96 bits per heavy atom. The highest BCUT2D eigenvalue weighted by molar-refractivity contribution is 6.28. The maximum atomic E-state index is 13.2. The first kappa shape index (κ1) is 16.0. The van der Waals surface area contributed by atoms with Crippen LogP contribution in [0.25, 0.3) is 22.9 Å². The van der Waals surface area contributed by atoms with Gasteiger partial charge in [-0.1, -0.05) is 54.6 Å². The fourth-order valence-electron chi connectivity index (χ4n) is 4.26. The molecule has 1 aliphatic heterocycles. The molecule has 0 fully saturated rings. The van der Waals surface area contributed by atoms with Crippen molar-refractivity contribution in [3.05, 3.63) is 82.4 Å². The molecular formula is C24H19NO2. The lowest BCUT2D eigenvalue weighted by atomic mass is 9.90. The molecule has 0 spiro atoms. The minimum absolute atomic E-state index is 0.156. The molecule has 0 bridgehead atoms. The quantitative estimate of drug-likeness (QED) is 0.487. The smallest absolute Gasteiger partial charge is 0.261 e. The molecule has 132 valence electrons. The SMILES string of the molecule is CC(CCc1ccccc1)N1C(=O)c2ccc3c4c(ccc(c24)C1=O)C=C3. The Balaban J connectivity index is 1.51. The summed E-state index contributed by atoms with van der Waals surface area (Å²) in [6, 6.07) is 17.7. The highest BCUT2D eigenvalue weighted by atomic mass is 16.2. The third-order valence-electron chi connectivity index (χ3n) is 5.70. The van der Waals surface area contributed by atoms with Gasteiger partial charge in [-0.05, 0) is 54.0 Å². The maximum Gasteiger partial charge on any atom is 0.261 e. The molecule has 1 unspecified atom stereocenters. The number of benzene rings is 3. The second-order valence-corrected chi connectivity index (χ2v) is 7.34. The first-order chi connectivity index (χ1) is 13.1. The van der Waals surface area contributed by atoms with Crippen LogP contribution in [0.2, 0.25) is 0 Å². The molecule has 0 N–H and O–H groups in total. The first-order valence-electron chi connectivity index (χ1n) is 9.35. The van der Waals surface area contributed by atoms with E-state index in [2.05, 4.69) is 12.1 Å². The molecular weight excluding hydrogens is 334 g/mol. The Morgan fingerprint density at radius 1 is 0.778 bits per heavy atom. The lowest BCUT2D eigenvalue weighted by Crippen LogP contribution is -2.46. The van der Waals surface area contributed by atoms with Crippen molar-refractivity contribution in [2.75, 3.05) is 0 Å². The van der Waals surface area contributed by atoms with Crippen LogP contribution in [0.1, 0.15) is 50.8 Å². The lowest BCUT2D eigenvalue weighted by Gasteiger charge is -2.32. The van der Waals surface area contributed by atoms with Gasteiger partial charge in [0.05, 0.1) is 0 Å². The van der Waals surface area contributed by atoms with Crippen LogP contribution in [-0.4, -0.2) is 22.8 Å². The predicted molar refractivity (Wildman–Crippen MR) is 108 cm³/mol. The number of carbonyl (C=O) groups is 2.